The molecule has 1 aromatic carbocycles. The third kappa shape index (κ3) is 5.19. The van der Waals surface area contributed by atoms with E-state index in [2.05, 4.69) is 5.32 Å². The molecule has 0 radical (unpaired) electrons. The highest BCUT2D eigenvalue weighted by molar-refractivity contribution is 5.76. The summed E-state index contributed by atoms with van der Waals surface area (Å²) in [6.45, 7) is 2.05. The van der Waals surface area contributed by atoms with Crippen LogP contribution in [0.5, 0.6) is 5.75 Å². The monoisotopic (exact) mass is 347 g/mol. The number of rotatable bonds is 8. The molecule has 5 nitrogen and oxygen atoms in total. The number of amides is 1. The van der Waals surface area contributed by atoms with E-state index in [4.69, 9.17) is 14.2 Å². The summed E-state index contributed by atoms with van der Waals surface area (Å²) in [6.07, 6.45) is 5.77. The lowest BCUT2D eigenvalue weighted by atomic mass is 9.86. The summed E-state index contributed by atoms with van der Waals surface area (Å²) in [6, 6.07) is 7.90. The van der Waals surface area contributed by atoms with Crippen molar-refractivity contribution in [3.63, 3.8) is 0 Å². The highest BCUT2D eigenvalue weighted by atomic mass is 16.5. The standard InChI is InChI=1S/C20H29NO4/c1-23-18-8-3-2-7-16(18)9-10-20(22)21-17-11-12-24-14-19(17)25-13-15-5-4-6-15/h2-3,7-8,15,17,19H,4-6,9-14H2,1H3,(H,21,22)/t17-,19-/m1/s1. The number of carbonyl (C=O) groups excluding carboxylic acids is 1. The van der Waals surface area contributed by atoms with Crippen molar-refractivity contribution in [3.8, 4) is 5.75 Å². The summed E-state index contributed by atoms with van der Waals surface area (Å²) < 4.78 is 16.9. The zero-order chi connectivity index (χ0) is 17.5. The van der Waals surface area contributed by atoms with E-state index in [0.29, 0.717) is 32.0 Å². The van der Waals surface area contributed by atoms with Crippen molar-refractivity contribution in [1.82, 2.24) is 5.32 Å². The maximum atomic E-state index is 12.4. The molecule has 2 aliphatic rings. The third-order valence-electron chi connectivity index (χ3n) is 5.24. The van der Waals surface area contributed by atoms with Gasteiger partial charge in [-0.25, -0.2) is 0 Å². The van der Waals surface area contributed by atoms with Gasteiger partial charge >= 0.3 is 0 Å². The van der Waals surface area contributed by atoms with E-state index in [1.165, 1.54) is 19.3 Å². The molecule has 138 valence electrons. The fourth-order valence-corrected chi connectivity index (χ4v) is 3.40. The van der Waals surface area contributed by atoms with Gasteiger partial charge in [0.15, 0.2) is 0 Å². The lowest BCUT2D eigenvalue weighted by molar-refractivity contribution is -0.127. The molecule has 1 N–H and O–H groups in total. The second-order valence-electron chi connectivity index (χ2n) is 7.02. The Hall–Kier alpha value is -1.59. The normalized spacial score (nSPS) is 23.7. The molecule has 1 aliphatic heterocycles. The summed E-state index contributed by atoms with van der Waals surface area (Å²) in [7, 11) is 1.66. The smallest absolute Gasteiger partial charge is 0.220 e. The molecule has 1 saturated carbocycles. The van der Waals surface area contributed by atoms with Crippen LogP contribution in [0.15, 0.2) is 24.3 Å². The topological polar surface area (TPSA) is 56.8 Å². The van der Waals surface area contributed by atoms with E-state index >= 15 is 0 Å². The van der Waals surface area contributed by atoms with Gasteiger partial charge < -0.3 is 19.5 Å². The van der Waals surface area contributed by atoms with Gasteiger partial charge in [0.05, 0.1) is 19.8 Å². The predicted molar refractivity (Wildman–Crippen MR) is 95.8 cm³/mol. The van der Waals surface area contributed by atoms with Crippen LogP contribution in [0.3, 0.4) is 0 Å². The molecule has 0 aromatic heterocycles. The molecule has 5 heteroatoms. The van der Waals surface area contributed by atoms with Crippen LogP contribution < -0.4 is 10.1 Å². The Bertz CT molecular complexity index is 558. The van der Waals surface area contributed by atoms with E-state index in [-0.39, 0.29) is 18.1 Å². The van der Waals surface area contributed by atoms with Crippen LogP contribution in [0.4, 0.5) is 0 Å². The minimum absolute atomic E-state index is 0.0236. The maximum absolute atomic E-state index is 12.4. The van der Waals surface area contributed by atoms with Crippen LogP contribution in [0.1, 0.15) is 37.7 Å². The van der Waals surface area contributed by atoms with Crippen molar-refractivity contribution in [2.24, 2.45) is 5.92 Å². The van der Waals surface area contributed by atoms with E-state index in [1.54, 1.807) is 7.11 Å². The number of hydrogen-bond donors (Lipinski definition) is 1. The van der Waals surface area contributed by atoms with Crippen LogP contribution in [-0.4, -0.2) is 45.0 Å². The molecule has 1 aromatic rings. The van der Waals surface area contributed by atoms with Gasteiger partial charge in [-0.2, -0.15) is 0 Å². The molecule has 2 fully saturated rings. The summed E-state index contributed by atoms with van der Waals surface area (Å²) >= 11 is 0. The Labute approximate surface area is 150 Å². The Morgan fingerprint density at radius 1 is 1.28 bits per heavy atom. The fourth-order valence-electron chi connectivity index (χ4n) is 3.40. The maximum Gasteiger partial charge on any atom is 0.220 e. The first kappa shape index (κ1) is 18.2. The molecular formula is C20H29NO4. The second-order valence-corrected chi connectivity index (χ2v) is 7.02. The molecule has 1 saturated heterocycles. The molecule has 3 rings (SSSR count). The average Bonchev–Trinajstić information content (AvgIpc) is 2.60. The van der Waals surface area contributed by atoms with Gasteiger partial charge in [-0.1, -0.05) is 24.6 Å². The number of para-hydroxylation sites is 1. The molecular weight excluding hydrogens is 318 g/mol. The van der Waals surface area contributed by atoms with Gasteiger partial charge in [0.25, 0.3) is 0 Å². The molecule has 1 amide bonds. The molecule has 1 heterocycles. The Morgan fingerprint density at radius 3 is 2.88 bits per heavy atom. The number of carbonyl (C=O) groups is 1. The molecule has 0 spiro atoms. The van der Waals surface area contributed by atoms with Crippen molar-refractivity contribution >= 4 is 5.91 Å². The Morgan fingerprint density at radius 2 is 2.12 bits per heavy atom. The van der Waals surface area contributed by atoms with Gasteiger partial charge in [0, 0.05) is 19.6 Å². The van der Waals surface area contributed by atoms with E-state index in [9.17, 15) is 4.79 Å². The van der Waals surface area contributed by atoms with Gasteiger partial charge in [0.2, 0.25) is 5.91 Å². The predicted octanol–water partition coefficient (Wildman–Crippen LogP) is 2.72. The first-order valence-corrected chi connectivity index (χ1v) is 9.37. The molecule has 1 aliphatic carbocycles. The van der Waals surface area contributed by atoms with Crippen molar-refractivity contribution < 1.29 is 19.0 Å². The fraction of sp³-hybridized carbons (Fsp3) is 0.650. The van der Waals surface area contributed by atoms with Crippen LogP contribution >= 0.6 is 0 Å². The van der Waals surface area contributed by atoms with Crippen LogP contribution in [-0.2, 0) is 20.7 Å². The van der Waals surface area contributed by atoms with E-state index in [1.807, 2.05) is 24.3 Å². The van der Waals surface area contributed by atoms with Crippen molar-refractivity contribution in [1.29, 1.82) is 0 Å². The van der Waals surface area contributed by atoms with Crippen molar-refractivity contribution in [2.45, 2.75) is 50.7 Å². The molecule has 0 unspecified atom stereocenters. The highest BCUT2D eigenvalue weighted by Crippen LogP contribution is 2.27. The third-order valence-corrected chi connectivity index (χ3v) is 5.24. The zero-order valence-corrected chi connectivity index (χ0v) is 15.0. The number of hydrogen-bond acceptors (Lipinski definition) is 4. The average molecular weight is 347 g/mol. The number of benzene rings is 1. The largest absolute Gasteiger partial charge is 0.496 e. The van der Waals surface area contributed by atoms with Gasteiger partial charge in [-0.3, -0.25) is 4.79 Å². The molecule has 25 heavy (non-hydrogen) atoms. The van der Waals surface area contributed by atoms with Gasteiger partial charge in [-0.05, 0) is 43.2 Å². The second kappa shape index (κ2) is 9.20. The lowest BCUT2D eigenvalue weighted by Crippen LogP contribution is -2.50. The molecule has 2 atom stereocenters. The first-order valence-electron chi connectivity index (χ1n) is 9.37. The molecule has 0 bridgehead atoms. The Balaban J connectivity index is 1.46. The quantitative estimate of drug-likeness (QED) is 0.786. The number of methoxy groups -OCH3 is 1. The van der Waals surface area contributed by atoms with Crippen LogP contribution in [0, 0.1) is 5.92 Å². The summed E-state index contributed by atoms with van der Waals surface area (Å²) in [5.74, 6) is 1.60. The van der Waals surface area contributed by atoms with Crippen LogP contribution in [0.25, 0.3) is 0 Å². The van der Waals surface area contributed by atoms with E-state index in [0.717, 1.165) is 24.3 Å². The Kier molecular flexibility index (Phi) is 6.70. The van der Waals surface area contributed by atoms with Gasteiger partial charge in [0.1, 0.15) is 11.9 Å². The number of aryl methyl sites for hydroxylation is 1. The number of nitrogens with one attached hydrogen (secondary N) is 1. The van der Waals surface area contributed by atoms with Crippen molar-refractivity contribution in [3.05, 3.63) is 29.8 Å². The summed E-state index contributed by atoms with van der Waals surface area (Å²) in [4.78, 5) is 12.4. The summed E-state index contributed by atoms with van der Waals surface area (Å²) in [5.41, 5.74) is 1.06. The minimum Gasteiger partial charge on any atom is -0.496 e. The van der Waals surface area contributed by atoms with Crippen LogP contribution in [0.2, 0.25) is 0 Å². The highest BCUT2D eigenvalue weighted by Gasteiger charge is 2.29. The minimum atomic E-state index is -0.0236. The van der Waals surface area contributed by atoms with E-state index < -0.39 is 0 Å². The zero-order valence-electron chi connectivity index (χ0n) is 15.0. The number of ether oxygens (including phenoxy) is 3. The first-order chi connectivity index (χ1) is 12.3. The van der Waals surface area contributed by atoms with Gasteiger partial charge in [-0.15, -0.1) is 0 Å². The summed E-state index contributed by atoms with van der Waals surface area (Å²) in [5, 5.41) is 3.15. The van der Waals surface area contributed by atoms with Crippen molar-refractivity contribution in [2.75, 3.05) is 26.9 Å². The SMILES string of the molecule is COc1ccccc1CCC(=O)N[C@@H]1CCOC[C@H]1OCC1CCC1. The lowest BCUT2D eigenvalue weighted by Gasteiger charge is -2.34.